The normalized spacial score (nSPS) is 9.67. The number of carboxylic acids is 1. The van der Waals surface area contributed by atoms with E-state index in [2.05, 4.69) is 33.1 Å². The Labute approximate surface area is 113 Å². The maximum atomic E-state index is 11.5. The molecule has 0 aliphatic carbocycles. The maximum absolute atomic E-state index is 11.5. The maximum Gasteiger partial charge on any atom is 0.336 e. The Hall–Kier alpha value is -1.82. The van der Waals surface area contributed by atoms with Gasteiger partial charge in [-0.3, -0.25) is 0 Å². The zero-order valence-corrected chi connectivity index (χ0v) is 11.4. The molecule has 0 unspecified atom stereocenters. The van der Waals surface area contributed by atoms with Crippen LogP contribution in [0.5, 0.6) is 0 Å². The summed E-state index contributed by atoms with van der Waals surface area (Å²) in [6.07, 6.45) is 0. The Morgan fingerprint density at radius 1 is 1.44 bits per heavy atom. The minimum atomic E-state index is -1.02. The first-order chi connectivity index (χ1) is 8.41. The van der Waals surface area contributed by atoms with Gasteiger partial charge in [0.1, 0.15) is 0 Å². The first-order valence-corrected chi connectivity index (χ1v) is 5.92. The third kappa shape index (κ3) is 3.89. The highest BCUT2D eigenvalue weighted by molar-refractivity contribution is 9.11. The standard InChI is InChI=1S/C12H13BrN2O3/c1-7(13)6-14-12(18)15-10-5-3-4-9(8(10)2)11(16)17/h3-5H,1,6H2,2H3,(H,16,17)(H2,14,15,18). The lowest BCUT2D eigenvalue weighted by atomic mass is 10.1. The molecule has 0 bridgehead atoms. The lowest BCUT2D eigenvalue weighted by Gasteiger charge is -2.11. The highest BCUT2D eigenvalue weighted by atomic mass is 79.9. The molecule has 0 spiro atoms. The molecule has 0 heterocycles. The quantitative estimate of drug-likeness (QED) is 0.800. The molecule has 0 aromatic heterocycles. The number of carboxylic acid groups (broad SMARTS) is 1. The largest absolute Gasteiger partial charge is 0.478 e. The molecule has 2 amide bonds. The molecule has 0 aliphatic rings. The lowest BCUT2D eigenvalue weighted by molar-refractivity contribution is 0.0696. The van der Waals surface area contributed by atoms with Gasteiger partial charge in [-0.2, -0.15) is 0 Å². The summed E-state index contributed by atoms with van der Waals surface area (Å²) in [4.78, 5) is 22.4. The minimum Gasteiger partial charge on any atom is -0.478 e. The third-order valence-electron chi connectivity index (χ3n) is 2.25. The van der Waals surface area contributed by atoms with Crippen molar-refractivity contribution in [3.05, 3.63) is 40.4 Å². The first kappa shape index (κ1) is 14.2. The van der Waals surface area contributed by atoms with E-state index in [9.17, 15) is 9.59 Å². The summed E-state index contributed by atoms with van der Waals surface area (Å²) in [6.45, 7) is 5.52. The number of carbonyl (C=O) groups excluding carboxylic acids is 1. The Balaban J connectivity index is 2.79. The van der Waals surface area contributed by atoms with Crippen LogP contribution >= 0.6 is 15.9 Å². The number of aromatic carboxylic acids is 1. The number of hydrogen-bond donors (Lipinski definition) is 3. The second-order valence-electron chi connectivity index (χ2n) is 3.61. The number of anilines is 1. The van der Waals surface area contributed by atoms with Gasteiger partial charge < -0.3 is 15.7 Å². The Kier molecular flexibility index (Phi) is 4.91. The van der Waals surface area contributed by atoms with Gasteiger partial charge >= 0.3 is 12.0 Å². The molecule has 0 atom stereocenters. The van der Waals surface area contributed by atoms with Gasteiger partial charge in [-0.25, -0.2) is 9.59 Å². The fraction of sp³-hybridized carbons (Fsp3) is 0.167. The van der Waals surface area contributed by atoms with Crippen LogP contribution in [0.4, 0.5) is 10.5 Å². The Morgan fingerprint density at radius 3 is 2.67 bits per heavy atom. The zero-order chi connectivity index (χ0) is 13.7. The molecule has 6 heteroatoms. The third-order valence-corrected chi connectivity index (χ3v) is 2.53. The average molecular weight is 313 g/mol. The number of urea groups is 1. The molecule has 3 N–H and O–H groups in total. The van der Waals surface area contributed by atoms with Crippen molar-refractivity contribution in [2.75, 3.05) is 11.9 Å². The van der Waals surface area contributed by atoms with Gasteiger partial charge in [0.25, 0.3) is 0 Å². The number of hydrogen-bond acceptors (Lipinski definition) is 2. The molecular weight excluding hydrogens is 300 g/mol. The van der Waals surface area contributed by atoms with Crippen LogP contribution < -0.4 is 10.6 Å². The van der Waals surface area contributed by atoms with Gasteiger partial charge in [-0.15, -0.1) is 0 Å². The van der Waals surface area contributed by atoms with Crippen molar-refractivity contribution < 1.29 is 14.7 Å². The minimum absolute atomic E-state index is 0.165. The summed E-state index contributed by atoms with van der Waals surface area (Å²) >= 11 is 3.12. The Morgan fingerprint density at radius 2 is 2.11 bits per heavy atom. The summed E-state index contributed by atoms with van der Waals surface area (Å²) < 4.78 is 0.647. The van der Waals surface area contributed by atoms with Gasteiger partial charge in [0.15, 0.2) is 0 Å². The number of halogens is 1. The number of carbonyl (C=O) groups is 2. The molecule has 1 rings (SSSR count). The van der Waals surface area contributed by atoms with Crippen LogP contribution in [0, 0.1) is 6.92 Å². The second-order valence-corrected chi connectivity index (χ2v) is 4.73. The van der Waals surface area contributed by atoms with E-state index in [4.69, 9.17) is 5.11 Å². The molecule has 1 aromatic rings. The molecule has 0 saturated heterocycles. The van der Waals surface area contributed by atoms with E-state index in [0.29, 0.717) is 22.3 Å². The smallest absolute Gasteiger partial charge is 0.336 e. The molecule has 0 fully saturated rings. The van der Waals surface area contributed by atoms with E-state index in [-0.39, 0.29) is 5.56 Å². The van der Waals surface area contributed by atoms with E-state index >= 15 is 0 Å². The number of benzene rings is 1. The van der Waals surface area contributed by atoms with Crippen LogP contribution in [0.2, 0.25) is 0 Å². The molecule has 0 saturated carbocycles. The van der Waals surface area contributed by atoms with E-state index in [0.717, 1.165) is 0 Å². The van der Waals surface area contributed by atoms with E-state index in [1.54, 1.807) is 19.1 Å². The van der Waals surface area contributed by atoms with Crippen LogP contribution in [0.15, 0.2) is 29.3 Å². The van der Waals surface area contributed by atoms with Gasteiger partial charge in [0.2, 0.25) is 0 Å². The zero-order valence-electron chi connectivity index (χ0n) is 9.79. The van der Waals surface area contributed by atoms with Crippen LogP contribution in [-0.2, 0) is 0 Å². The van der Waals surface area contributed by atoms with Crippen molar-refractivity contribution in [2.24, 2.45) is 0 Å². The molecular formula is C12H13BrN2O3. The molecule has 18 heavy (non-hydrogen) atoms. The van der Waals surface area contributed by atoms with Crippen molar-refractivity contribution in [1.29, 1.82) is 0 Å². The molecule has 1 aromatic carbocycles. The molecule has 0 radical (unpaired) electrons. The molecule has 96 valence electrons. The van der Waals surface area contributed by atoms with Gasteiger partial charge in [-0.1, -0.05) is 28.6 Å². The van der Waals surface area contributed by atoms with Crippen LogP contribution in [0.3, 0.4) is 0 Å². The summed E-state index contributed by atoms with van der Waals surface area (Å²) in [5, 5.41) is 14.1. The number of rotatable bonds is 4. The summed E-state index contributed by atoms with van der Waals surface area (Å²) in [5.74, 6) is -1.02. The van der Waals surface area contributed by atoms with Crippen LogP contribution in [0.1, 0.15) is 15.9 Å². The van der Waals surface area contributed by atoms with Gasteiger partial charge in [-0.05, 0) is 24.6 Å². The van der Waals surface area contributed by atoms with Crippen molar-refractivity contribution in [3.8, 4) is 0 Å². The average Bonchev–Trinajstić information content (AvgIpc) is 2.29. The fourth-order valence-corrected chi connectivity index (χ4v) is 1.49. The predicted octanol–water partition coefficient (Wildman–Crippen LogP) is 2.72. The van der Waals surface area contributed by atoms with Crippen LogP contribution in [0.25, 0.3) is 0 Å². The van der Waals surface area contributed by atoms with E-state index in [1.165, 1.54) is 6.07 Å². The summed E-state index contributed by atoms with van der Waals surface area (Å²) in [6, 6.07) is 4.29. The van der Waals surface area contributed by atoms with E-state index < -0.39 is 12.0 Å². The van der Waals surface area contributed by atoms with Crippen molar-refractivity contribution in [1.82, 2.24) is 5.32 Å². The van der Waals surface area contributed by atoms with Crippen LogP contribution in [-0.4, -0.2) is 23.7 Å². The van der Waals surface area contributed by atoms with Crippen molar-refractivity contribution in [3.63, 3.8) is 0 Å². The fourth-order valence-electron chi connectivity index (χ4n) is 1.35. The van der Waals surface area contributed by atoms with E-state index in [1.807, 2.05) is 0 Å². The summed E-state index contributed by atoms with van der Waals surface area (Å²) in [7, 11) is 0. The first-order valence-electron chi connectivity index (χ1n) is 5.13. The monoisotopic (exact) mass is 312 g/mol. The topological polar surface area (TPSA) is 78.4 Å². The van der Waals surface area contributed by atoms with Crippen molar-refractivity contribution >= 4 is 33.6 Å². The SMILES string of the molecule is C=C(Br)CNC(=O)Nc1cccc(C(=O)O)c1C. The van der Waals surface area contributed by atoms with Crippen molar-refractivity contribution in [2.45, 2.75) is 6.92 Å². The highest BCUT2D eigenvalue weighted by Crippen LogP contribution is 2.18. The van der Waals surface area contributed by atoms with Gasteiger partial charge in [0.05, 0.1) is 12.1 Å². The summed E-state index contributed by atoms with van der Waals surface area (Å²) in [5.41, 5.74) is 1.14. The second kappa shape index (κ2) is 6.20. The Bertz CT molecular complexity index is 500. The highest BCUT2D eigenvalue weighted by Gasteiger charge is 2.11. The molecule has 0 aliphatic heterocycles. The number of amides is 2. The predicted molar refractivity (Wildman–Crippen MR) is 73.2 cm³/mol. The molecule has 5 nitrogen and oxygen atoms in total. The van der Waals surface area contributed by atoms with Gasteiger partial charge in [0, 0.05) is 10.2 Å². The lowest BCUT2D eigenvalue weighted by Crippen LogP contribution is -2.29. The number of nitrogens with one attached hydrogen (secondary N) is 2.